The minimum Gasteiger partial charge on any atom is -0.453 e. The maximum absolute atomic E-state index is 14.2. The summed E-state index contributed by atoms with van der Waals surface area (Å²) in [5.74, 6) is -5.45. The van der Waals surface area contributed by atoms with E-state index in [2.05, 4.69) is 15.0 Å². The quantitative estimate of drug-likeness (QED) is 0.390. The summed E-state index contributed by atoms with van der Waals surface area (Å²) in [7, 11) is 0. The third kappa shape index (κ3) is 2.93. The lowest BCUT2D eigenvalue weighted by Gasteiger charge is -2.37. The highest BCUT2D eigenvalue weighted by Gasteiger charge is 2.62. The Hall–Kier alpha value is -3.04. The second-order valence-electron chi connectivity index (χ2n) is 6.64. The number of benzene rings is 2. The van der Waals surface area contributed by atoms with Gasteiger partial charge in [-0.05, 0) is 23.3 Å². The van der Waals surface area contributed by atoms with Gasteiger partial charge < -0.3 is 9.83 Å². The molecule has 0 aromatic heterocycles. The molecule has 0 fully saturated rings. The molecule has 0 saturated heterocycles. The summed E-state index contributed by atoms with van der Waals surface area (Å²) in [5.41, 5.74) is -5.74. The van der Waals surface area contributed by atoms with Crippen LogP contribution in [0.4, 0.5) is 30.7 Å². The first-order valence-electron chi connectivity index (χ1n) is 8.21. The molecule has 152 valence electrons. The van der Waals surface area contributed by atoms with Gasteiger partial charge in [0.25, 0.3) is 5.60 Å². The van der Waals surface area contributed by atoms with Crippen LogP contribution in [0.1, 0.15) is 23.1 Å². The van der Waals surface area contributed by atoms with E-state index in [0.717, 1.165) is 12.8 Å². The lowest BCUT2D eigenvalue weighted by atomic mass is 9.85. The number of halogens is 7. The zero-order valence-corrected chi connectivity index (χ0v) is 14.3. The fourth-order valence-electron chi connectivity index (χ4n) is 3.12. The number of rotatable bonds is 3. The summed E-state index contributed by atoms with van der Waals surface area (Å²) in [6.45, 7) is 1.07. The first kappa shape index (κ1) is 19.3. The lowest BCUT2D eigenvalue weighted by Crippen LogP contribution is -2.43. The van der Waals surface area contributed by atoms with Crippen LogP contribution < -0.4 is 0 Å². The molecule has 0 saturated carbocycles. The van der Waals surface area contributed by atoms with E-state index in [1.165, 1.54) is 24.3 Å². The van der Waals surface area contributed by atoms with Crippen molar-refractivity contribution in [3.05, 3.63) is 77.1 Å². The van der Waals surface area contributed by atoms with Crippen molar-refractivity contribution < 1.29 is 35.6 Å². The molecule has 0 N–H and O–H groups in total. The summed E-state index contributed by atoms with van der Waals surface area (Å²) in [6, 6.07) is 5.85. The molecule has 3 nitrogen and oxygen atoms in total. The highest BCUT2D eigenvalue weighted by molar-refractivity contribution is 6.02. The van der Waals surface area contributed by atoms with Crippen molar-refractivity contribution in [2.75, 3.05) is 0 Å². The zero-order valence-electron chi connectivity index (χ0n) is 14.3. The Kier molecular flexibility index (Phi) is 4.14. The van der Waals surface area contributed by atoms with Gasteiger partial charge in [-0.1, -0.05) is 29.4 Å². The van der Waals surface area contributed by atoms with Crippen LogP contribution in [0.25, 0.3) is 0 Å². The van der Waals surface area contributed by atoms with Gasteiger partial charge in [0.2, 0.25) is 0 Å². The van der Waals surface area contributed by atoms with E-state index in [0.29, 0.717) is 0 Å². The topological polar surface area (TPSA) is 34.0 Å². The van der Waals surface area contributed by atoms with E-state index in [4.69, 9.17) is 0 Å². The third-order valence-electron chi connectivity index (χ3n) is 4.82. The molecule has 2 aliphatic rings. The Morgan fingerprint density at radius 2 is 1.55 bits per heavy atom. The van der Waals surface area contributed by atoms with Crippen LogP contribution in [0.3, 0.4) is 0 Å². The molecule has 0 aliphatic carbocycles. The Morgan fingerprint density at radius 3 is 2.03 bits per heavy atom. The summed E-state index contributed by atoms with van der Waals surface area (Å²) in [4.78, 5) is 8.21. The second-order valence-corrected chi connectivity index (χ2v) is 6.64. The summed E-state index contributed by atoms with van der Waals surface area (Å²) < 4.78 is 96.0. The summed E-state index contributed by atoms with van der Waals surface area (Å²) in [6.07, 6.45) is -4.95. The van der Waals surface area contributed by atoms with Crippen LogP contribution in [0.5, 0.6) is 0 Å². The van der Waals surface area contributed by atoms with E-state index in [1.807, 2.05) is 0 Å². The van der Waals surface area contributed by atoms with Crippen molar-refractivity contribution in [1.82, 2.24) is 0 Å². The van der Waals surface area contributed by atoms with Crippen molar-refractivity contribution in [1.29, 1.82) is 0 Å². The molecule has 2 atom stereocenters. The van der Waals surface area contributed by atoms with Crippen LogP contribution in [0.15, 0.2) is 46.5 Å². The van der Waals surface area contributed by atoms with Gasteiger partial charge in [0, 0.05) is 12.0 Å². The Bertz CT molecular complexity index is 1010. The predicted octanol–water partition coefficient (Wildman–Crippen LogP) is 5.10. The van der Waals surface area contributed by atoms with Gasteiger partial charge in [-0.2, -0.15) is 13.2 Å². The largest absolute Gasteiger partial charge is 0.453 e. The fourth-order valence-corrected chi connectivity index (χ4v) is 3.12. The van der Waals surface area contributed by atoms with E-state index < -0.39 is 46.9 Å². The normalized spacial score (nSPS) is 25.8. The highest BCUT2D eigenvalue weighted by atomic mass is 19.4. The smallest absolute Gasteiger partial charge is 0.435 e. The molecule has 4 rings (SSSR count). The van der Waals surface area contributed by atoms with Gasteiger partial charge in [-0.15, -0.1) is 12.8 Å². The molecule has 2 unspecified atom stereocenters. The van der Waals surface area contributed by atoms with Crippen molar-refractivity contribution in [2.45, 2.75) is 23.9 Å². The average molecular weight is 415 g/mol. The van der Waals surface area contributed by atoms with Gasteiger partial charge in [-0.25, -0.2) is 13.2 Å². The van der Waals surface area contributed by atoms with E-state index in [-0.39, 0.29) is 29.0 Å². The maximum Gasteiger partial charge on any atom is 0.435 e. The molecule has 0 radical (unpaired) electrons. The van der Waals surface area contributed by atoms with Crippen LogP contribution in [0, 0.1) is 24.0 Å². The molecular formula is C19H10F7N2O-. The number of aliphatic imine (C=N–C) groups is 1. The Morgan fingerprint density at radius 1 is 0.966 bits per heavy atom. The Balaban J connectivity index is 1.68. The first-order chi connectivity index (χ1) is 13.6. The minimum atomic E-state index is -5.12. The number of hydrogen-bond donors (Lipinski definition) is 0. The summed E-state index contributed by atoms with van der Waals surface area (Å²) in [5, 5.41) is 3.44. The highest BCUT2D eigenvalue weighted by Crippen LogP contribution is 2.49. The SMILES string of the molecule is Fc1cc(C2(C(F)(F)F)CC(c3ccc(C4(F)C=N[CH-]4)cc3)=NO2)cc(F)c1F. The second kappa shape index (κ2) is 6.23. The predicted molar refractivity (Wildman–Crippen MR) is 88.3 cm³/mol. The molecule has 2 heterocycles. The molecule has 0 amide bonds. The number of oxime groups is 1. The van der Waals surface area contributed by atoms with Crippen molar-refractivity contribution in [3.63, 3.8) is 0 Å². The average Bonchev–Trinajstić information content (AvgIpc) is 3.11. The van der Waals surface area contributed by atoms with Crippen LogP contribution >= 0.6 is 0 Å². The van der Waals surface area contributed by atoms with Gasteiger partial charge in [-0.3, -0.25) is 4.39 Å². The van der Waals surface area contributed by atoms with Gasteiger partial charge in [0.1, 0.15) is 0 Å². The molecule has 0 spiro atoms. The van der Waals surface area contributed by atoms with Crippen molar-refractivity contribution in [3.8, 4) is 0 Å². The fraction of sp³-hybridized carbons (Fsp3) is 0.211. The number of hydrogen-bond acceptors (Lipinski definition) is 3. The molecule has 10 heteroatoms. The van der Waals surface area contributed by atoms with E-state index >= 15 is 0 Å². The number of alkyl halides is 4. The third-order valence-corrected chi connectivity index (χ3v) is 4.82. The molecule has 2 aliphatic heterocycles. The van der Waals surface area contributed by atoms with Crippen LogP contribution in [-0.2, 0) is 16.1 Å². The standard InChI is InChI=1S/C19H10F7N2O/c20-13-5-12(6-14(21)16(13)22)18(19(24,25)26)7-15(28-29-18)10-1-3-11(4-2-10)17(23)8-27-9-17/h1-6,8-9H,7H2/q-1. The maximum atomic E-state index is 14.2. The van der Waals surface area contributed by atoms with Gasteiger partial charge in [0.15, 0.2) is 17.5 Å². The minimum absolute atomic E-state index is 0.168. The molecule has 2 aromatic carbocycles. The first-order valence-corrected chi connectivity index (χ1v) is 8.21. The zero-order chi connectivity index (χ0) is 21.0. The molecular weight excluding hydrogens is 405 g/mol. The van der Waals surface area contributed by atoms with Gasteiger partial charge >= 0.3 is 6.18 Å². The number of nitrogens with zero attached hydrogens (tertiary/aromatic N) is 2. The van der Waals surface area contributed by atoms with Crippen LogP contribution in [-0.4, -0.2) is 18.1 Å². The van der Waals surface area contributed by atoms with Crippen LogP contribution in [0.2, 0.25) is 0 Å². The molecule has 29 heavy (non-hydrogen) atoms. The Labute approximate surface area is 159 Å². The monoisotopic (exact) mass is 415 g/mol. The van der Waals surface area contributed by atoms with Crippen molar-refractivity contribution >= 4 is 11.9 Å². The van der Waals surface area contributed by atoms with E-state index in [1.54, 1.807) is 0 Å². The van der Waals surface area contributed by atoms with E-state index in [9.17, 15) is 30.7 Å². The van der Waals surface area contributed by atoms with Crippen molar-refractivity contribution in [2.24, 2.45) is 10.1 Å². The lowest BCUT2D eigenvalue weighted by molar-refractivity contribution is -0.276. The summed E-state index contributed by atoms with van der Waals surface area (Å²) >= 11 is 0. The molecule has 2 aromatic rings. The van der Waals surface area contributed by atoms with Gasteiger partial charge in [0.05, 0.1) is 11.4 Å². The molecule has 0 bridgehead atoms.